The van der Waals surface area contributed by atoms with Crippen LogP contribution in [0.15, 0.2) is 48.5 Å². The van der Waals surface area contributed by atoms with Crippen molar-refractivity contribution in [1.29, 1.82) is 0 Å². The number of benzene rings is 2. The van der Waals surface area contributed by atoms with Gasteiger partial charge in [0.1, 0.15) is 0 Å². The number of alkyl halides is 6. The van der Waals surface area contributed by atoms with Crippen molar-refractivity contribution in [3.05, 3.63) is 59.7 Å². The molecule has 27 heavy (non-hydrogen) atoms. The Morgan fingerprint density at radius 3 is 1.22 bits per heavy atom. The van der Waals surface area contributed by atoms with E-state index < -0.39 is 23.5 Å². The van der Waals surface area contributed by atoms with Gasteiger partial charge in [-0.1, -0.05) is 0 Å². The number of halogens is 6. The molecule has 0 saturated carbocycles. The first-order valence-corrected chi connectivity index (χ1v) is 10.3. The van der Waals surface area contributed by atoms with Crippen LogP contribution in [0.3, 0.4) is 0 Å². The Kier molecular flexibility index (Phi) is 7.44. The van der Waals surface area contributed by atoms with Gasteiger partial charge in [0.15, 0.2) is 0 Å². The van der Waals surface area contributed by atoms with Crippen molar-refractivity contribution in [3.63, 3.8) is 0 Å². The van der Waals surface area contributed by atoms with Gasteiger partial charge >= 0.3 is 158 Å². The molecule has 0 aliphatic carbocycles. The Balaban J connectivity index is 1.60. The van der Waals surface area contributed by atoms with Crippen molar-refractivity contribution in [2.45, 2.75) is 23.0 Å². The molecule has 0 spiro atoms. The third-order valence-corrected chi connectivity index (χ3v) is 5.27. The van der Waals surface area contributed by atoms with Crippen LogP contribution in [-0.4, -0.2) is 28.2 Å². The second-order valence-electron chi connectivity index (χ2n) is 5.35. The SMILES string of the molecule is FC(F)(F)c1ccc(OCC[Se]CCOc2ccc(C(F)(F)F)cc2)cc1. The van der Waals surface area contributed by atoms with Crippen molar-refractivity contribution < 1.29 is 35.8 Å². The monoisotopic (exact) mass is 458 g/mol. The second kappa shape index (κ2) is 9.37. The Morgan fingerprint density at radius 2 is 0.926 bits per heavy atom. The minimum absolute atomic E-state index is 0.192. The van der Waals surface area contributed by atoms with E-state index in [2.05, 4.69) is 0 Å². The van der Waals surface area contributed by atoms with Crippen LogP contribution < -0.4 is 9.47 Å². The van der Waals surface area contributed by atoms with E-state index in [1.807, 2.05) is 0 Å². The normalized spacial score (nSPS) is 12.1. The maximum absolute atomic E-state index is 12.4. The number of hydrogen-bond donors (Lipinski definition) is 0. The summed E-state index contributed by atoms with van der Waals surface area (Å²) >= 11 is 0.192. The van der Waals surface area contributed by atoms with Crippen LogP contribution in [0.25, 0.3) is 0 Å². The summed E-state index contributed by atoms with van der Waals surface area (Å²) in [6.07, 6.45) is -8.73. The Hall–Kier alpha value is -1.86. The van der Waals surface area contributed by atoms with Gasteiger partial charge < -0.3 is 0 Å². The molecule has 2 aromatic carbocycles. The van der Waals surface area contributed by atoms with Crippen molar-refractivity contribution >= 4 is 15.0 Å². The fourth-order valence-electron chi connectivity index (χ4n) is 2.02. The molecule has 0 aromatic heterocycles. The molecule has 148 valence electrons. The molecule has 2 nitrogen and oxygen atoms in total. The second-order valence-corrected chi connectivity index (χ2v) is 7.92. The van der Waals surface area contributed by atoms with Crippen molar-refractivity contribution in [2.24, 2.45) is 0 Å². The van der Waals surface area contributed by atoms with E-state index in [1.54, 1.807) is 0 Å². The molecule has 0 radical (unpaired) electrons. The first-order chi connectivity index (χ1) is 12.7. The average molecular weight is 457 g/mol. The minimum atomic E-state index is -4.37. The number of rotatable bonds is 8. The predicted octanol–water partition coefficient (Wildman–Crippen LogP) is 5.72. The summed E-state index contributed by atoms with van der Waals surface area (Å²) < 4.78 is 85.4. The summed E-state index contributed by atoms with van der Waals surface area (Å²) in [4.78, 5) is 0. The van der Waals surface area contributed by atoms with Gasteiger partial charge in [-0.05, 0) is 0 Å². The van der Waals surface area contributed by atoms with Crippen molar-refractivity contribution in [2.75, 3.05) is 13.2 Å². The molecule has 2 rings (SSSR count). The van der Waals surface area contributed by atoms with Crippen LogP contribution in [0.2, 0.25) is 10.6 Å². The molecule has 0 aliphatic heterocycles. The fraction of sp³-hybridized carbons (Fsp3) is 0.333. The molecule has 0 heterocycles. The molecule has 0 amide bonds. The Morgan fingerprint density at radius 1 is 0.593 bits per heavy atom. The van der Waals surface area contributed by atoms with Crippen LogP contribution in [0.4, 0.5) is 26.3 Å². The van der Waals surface area contributed by atoms with Crippen LogP contribution in [0.5, 0.6) is 11.5 Å². The molecule has 0 atom stereocenters. The van der Waals surface area contributed by atoms with Crippen LogP contribution in [0, 0.1) is 0 Å². The molecule has 2 aromatic rings. The van der Waals surface area contributed by atoms with E-state index in [0.717, 1.165) is 34.9 Å². The maximum atomic E-state index is 12.4. The fourth-order valence-corrected chi connectivity index (χ4v) is 3.29. The quantitative estimate of drug-likeness (QED) is 0.287. The zero-order valence-corrected chi connectivity index (χ0v) is 15.7. The molecule has 0 aliphatic rings. The van der Waals surface area contributed by atoms with Gasteiger partial charge in [0.2, 0.25) is 0 Å². The summed E-state index contributed by atoms with van der Waals surface area (Å²) in [5.41, 5.74) is -1.45. The average Bonchev–Trinajstić information content (AvgIpc) is 2.60. The number of hydrogen-bond acceptors (Lipinski definition) is 2. The first-order valence-electron chi connectivity index (χ1n) is 7.84. The zero-order valence-electron chi connectivity index (χ0n) is 13.9. The predicted molar refractivity (Wildman–Crippen MR) is 89.2 cm³/mol. The van der Waals surface area contributed by atoms with Gasteiger partial charge in [-0.3, -0.25) is 0 Å². The van der Waals surface area contributed by atoms with Crippen LogP contribution >= 0.6 is 0 Å². The van der Waals surface area contributed by atoms with E-state index >= 15 is 0 Å². The van der Waals surface area contributed by atoms with Crippen LogP contribution in [-0.2, 0) is 12.4 Å². The third kappa shape index (κ3) is 7.34. The summed E-state index contributed by atoms with van der Waals surface area (Å²) in [7, 11) is 0. The van der Waals surface area contributed by atoms with Gasteiger partial charge in [0.05, 0.1) is 0 Å². The molecule has 0 fully saturated rings. The standard InChI is InChI=1S/C18H16F6O2Se/c19-17(20,21)13-1-5-15(6-2-13)25-9-11-27-12-10-26-16-7-3-14(4-8-16)18(22,23)24/h1-8H,9-12H2. The van der Waals surface area contributed by atoms with E-state index in [1.165, 1.54) is 24.3 Å². The van der Waals surface area contributed by atoms with Crippen molar-refractivity contribution in [1.82, 2.24) is 0 Å². The molecule has 0 bridgehead atoms. The third-order valence-electron chi connectivity index (χ3n) is 3.36. The van der Waals surface area contributed by atoms with Crippen LogP contribution in [0.1, 0.15) is 11.1 Å². The van der Waals surface area contributed by atoms with Crippen molar-refractivity contribution in [3.8, 4) is 11.5 Å². The molecular formula is C18H16F6O2Se. The topological polar surface area (TPSA) is 18.5 Å². The van der Waals surface area contributed by atoms with Gasteiger partial charge in [-0.2, -0.15) is 0 Å². The van der Waals surface area contributed by atoms with E-state index in [4.69, 9.17) is 9.47 Å². The van der Waals surface area contributed by atoms with Gasteiger partial charge in [0, 0.05) is 0 Å². The summed E-state index contributed by atoms with van der Waals surface area (Å²) in [6, 6.07) is 9.01. The Bertz CT molecular complexity index is 634. The van der Waals surface area contributed by atoms with Gasteiger partial charge in [-0.25, -0.2) is 0 Å². The van der Waals surface area contributed by atoms with Gasteiger partial charge in [0.25, 0.3) is 0 Å². The van der Waals surface area contributed by atoms with Gasteiger partial charge in [-0.15, -0.1) is 0 Å². The first kappa shape index (κ1) is 21.4. The summed E-state index contributed by atoms with van der Waals surface area (Å²) in [5.74, 6) is 0.750. The molecule has 0 N–H and O–H groups in total. The Labute approximate surface area is 158 Å². The zero-order chi connectivity index (χ0) is 19.9. The molecular weight excluding hydrogens is 441 g/mol. The van der Waals surface area contributed by atoms with E-state index in [0.29, 0.717) is 24.7 Å². The summed E-state index contributed by atoms with van der Waals surface area (Å²) in [6.45, 7) is 0.761. The molecule has 0 saturated heterocycles. The van der Waals surface area contributed by atoms with E-state index in [-0.39, 0.29) is 15.0 Å². The molecule has 0 unspecified atom stereocenters. The number of ether oxygens (including phenoxy) is 2. The van der Waals surface area contributed by atoms with E-state index in [9.17, 15) is 26.3 Å². The summed E-state index contributed by atoms with van der Waals surface area (Å²) in [5, 5.41) is 1.48. The molecule has 9 heteroatoms.